The summed E-state index contributed by atoms with van der Waals surface area (Å²) in [5.41, 5.74) is 1.31. The van der Waals surface area contributed by atoms with Gasteiger partial charge in [0.15, 0.2) is 0 Å². The van der Waals surface area contributed by atoms with Crippen molar-refractivity contribution in [2.75, 3.05) is 20.3 Å². The summed E-state index contributed by atoms with van der Waals surface area (Å²) < 4.78 is 21.3. The van der Waals surface area contributed by atoms with Gasteiger partial charge in [0, 0.05) is 6.42 Å². The fourth-order valence-electron chi connectivity index (χ4n) is 2.73. The molecule has 0 heterocycles. The van der Waals surface area contributed by atoms with Gasteiger partial charge in [-0.2, -0.15) is 0 Å². The number of rotatable bonds is 10. The van der Waals surface area contributed by atoms with Crippen molar-refractivity contribution in [2.24, 2.45) is 0 Å². The molecule has 1 atom stereocenters. The average Bonchev–Trinajstić information content (AvgIpc) is 2.73. The molecule has 7 heteroatoms. The molecule has 2 aromatic rings. The van der Waals surface area contributed by atoms with Gasteiger partial charge in [0.2, 0.25) is 0 Å². The summed E-state index contributed by atoms with van der Waals surface area (Å²) >= 11 is 0. The Morgan fingerprint density at radius 3 is 2.23 bits per heavy atom. The van der Waals surface area contributed by atoms with E-state index >= 15 is 0 Å². The van der Waals surface area contributed by atoms with Crippen LogP contribution in [0.15, 0.2) is 54.6 Å². The molecule has 0 saturated carbocycles. The van der Waals surface area contributed by atoms with E-state index in [2.05, 4.69) is 5.32 Å². The van der Waals surface area contributed by atoms with Gasteiger partial charge >= 0.3 is 12.1 Å². The van der Waals surface area contributed by atoms with Gasteiger partial charge in [-0.3, -0.25) is 0 Å². The van der Waals surface area contributed by atoms with E-state index in [4.69, 9.17) is 18.9 Å². The molecule has 168 valence electrons. The molecule has 0 aliphatic rings. The van der Waals surface area contributed by atoms with Crippen molar-refractivity contribution in [1.29, 1.82) is 0 Å². The summed E-state index contributed by atoms with van der Waals surface area (Å²) in [5.74, 6) is 0.156. The third kappa shape index (κ3) is 9.53. The summed E-state index contributed by atoms with van der Waals surface area (Å²) in [5, 5.41) is 2.57. The lowest BCUT2D eigenvalue weighted by molar-refractivity contribution is -0.143. The Hall–Kier alpha value is -3.06. The van der Waals surface area contributed by atoms with Crippen LogP contribution in [-0.4, -0.2) is 44.0 Å². The normalized spacial score (nSPS) is 12.0. The third-order valence-corrected chi connectivity index (χ3v) is 4.15. The van der Waals surface area contributed by atoms with Crippen LogP contribution in [0.25, 0.3) is 0 Å². The third-order valence-electron chi connectivity index (χ3n) is 4.15. The van der Waals surface area contributed by atoms with Crippen LogP contribution >= 0.6 is 0 Å². The molecule has 1 N–H and O–H groups in total. The van der Waals surface area contributed by atoms with Crippen LogP contribution in [0.1, 0.15) is 31.9 Å². The maximum Gasteiger partial charge on any atom is 0.408 e. The molecule has 0 aliphatic heterocycles. The summed E-state index contributed by atoms with van der Waals surface area (Å²) in [4.78, 5) is 24.1. The number of hydrogen-bond acceptors (Lipinski definition) is 6. The van der Waals surface area contributed by atoms with Crippen molar-refractivity contribution in [2.45, 2.75) is 45.4 Å². The highest BCUT2D eigenvalue weighted by molar-refractivity contribution is 5.81. The smallest absolute Gasteiger partial charge is 0.408 e. The Kier molecular flexibility index (Phi) is 9.34. The van der Waals surface area contributed by atoms with E-state index in [1.807, 2.05) is 54.6 Å². The highest BCUT2D eigenvalue weighted by Gasteiger charge is 2.25. The Balaban J connectivity index is 1.80. The molecule has 0 spiro atoms. The maximum atomic E-state index is 12.1. The summed E-state index contributed by atoms with van der Waals surface area (Å²) in [7, 11) is 1.28. The lowest BCUT2D eigenvalue weighted by Crippen LogP contribution is -2.45. The molecule has 0 unspecified atom stereocenters. The first kappa shape index (κ1) is 24.2. The lowest BCUT2D eigenvalue weighted by Gasteiger charge is -2.22. The van der Waals surface area contributed by atoms with Gasteiger partial charge in [-0.15, -0.1) is 0 Å². The van der Waals surface area contributed by atoms with Crippen molar-refractivity contribution in [3.63, 3.8) is 0 Å². The van der Waals surface area contributed by atoms with Gasteiger partial charge in [-0.05, 0) is 44.0 Å². The van der Waals surface area contributed by atoms with E-state index in [0.717, 1.165) is 11.1 Å². The second-order valence-corrected chi connectivity index (χ2v) is 7.96. The van der Waals surface area contributed by atoms with Crippen LogP contribution in [0.4, 0.5) is 4.79 Å². The molecule has 0 aromatic heterocycles. The second-order valence-electron chi connectivity index (χ2n) is 7.96. The zero-order valence-corrected chi connectivity index (χ0v) is 18.6. The number of carbonyl (C=O) groups excluding carboxylic acids is 2. The van der Waals surface area contributed by atoms with Crippen LogP contribution in [0.2, 0.25) is 0 Å². The van der Waals surface area contributed by atoms with Gasteiger partial charge in [-0.1, -0.05) is 42.5 Å². The lowest BCUT2D eigenvalue weighted by atomic mass is 10.1. The first-order valence-corrected chi connectivity index (χ1v) is 10.2. The minimum Gasteiger partial charge on any atom is -0.491 e. The fourth-order valence-corrected chi connectivity index (χ4v) is 2.73. The van der Waals surface area contributed by atoms with Crippen LogP contribution in [0.3, 0.4) is 0 Å². The molecule has 7 nitrogen and oxygen atoms in total. The van der Waals surface area contributed by atoms with Crippen LogP contribution < -0.4 is 10.1 Å². The van der Waals surface area contributed by atoms with E-state index in [1.54, 1.807) is 20.8 Å². The molecule has 0 fully saturated rings. The first-order valence-electron chi connectivity index (χ1n) is 10.2. The van der Waals surface area contributed by atoms with E-state index < -0.39 is 23.7 Å². The molecule has 0 radical (unpaired) electrons. The number of carbonyl (C=O) groups is 2. The highest BCUT2D eigenvalue weighted by Crippen LogP contribution is 2.15. The minimum absolute atomic E-state index is 0.270. The maximum absolute atomic E-state index is 12.1. The number of nitrogens with one attached hydrogen (secondary N) is 1. The van der Waals surface area contributed by atoms with Gasteiger partial charge in [0.1, 0.15) is 24.0 Å². The number of benzene rings is 2. The van der Waals surface area contributed by atoms with E-state index in [9.17, 15) is 9.59 Å². The number of esters is 1. The topological polar surface area (TPSA) is 83.1 Å². The predicted molar refractivity (Wildman–Crippen MR) is 117 cm³/mol. The zero-order chi connectivity index (χ0) is 22.7. The van der Waals surface area contributed by atoms with Crippen LogP contribution in [0.5, 0.6) is 5.75 Å². The van der Waals surface area contributed by atoms with Crippen LogP contribution in [-0.2, 0) is 32.0 Å². The number of alkyl carbamates (subject to hydrolysis) is 1. The fraction of sp³-hybridized carbons (Fsp3) is 0.417. The summed E-state index contributed by atoms with van der Waals surface area (Å²) in [6, 6.07) is 16.4. The van der Waals surface area contributed by atoms with Crippen molar-refractivity contribution >= 4 is 12.1 Å². The Morgan fingerprint density at radius 2 is 1.61 bits per heavy atom. The number of amides is 1. The largest absolute Gasteiger partial charge is 0.491 e. The average molecular weight is 430 g/mol. The Labute approximate surface area is 183 Å². The summed E-state index contributed by atoms with van der Waals surface area (Å²) in [6.07, 6.45) is -0.398. The monoisotopic (exact) mass is 429 g/mol. The predicted octanol–water partition coefficient (Wildman–Crippen LogP) is 3.89. The molecule has 0 bridgehead atoms. The van der Waals surface area contributed by atoms with Gasteiger partial charge in [-0.25, -0.2) is 9.59 Å². The molecule has 2 rings (SSSR count). The highest BCUT2D eigenvalue weighted by atomic mass is 16.6. The second kappa shape index (κ2) is 12.0. The van der Waals surface area contributed by atoms with E-state index in [0.29, 0.717) is 25.6 Å². The number of ether oxygens (including phenoxy) is 4. The van der Waals surface area contributed by atoms with Gasteiger partial charge in [0.25, 0.3) is 0 Å². The van der Waals surface area contributed by atoms with Crippen molar-refractivity contribution in [1.82, 2.24) is 5.32 Å². The van der Waals surface area contributed by atoms with Gasteiger partial charge in [0.05, 0.1) is 20.3 Å². The number of methoxy groups -OCH3 is 1. The minimum atomic E-state index is -0.849. The van der Waals surface area contributed by atoms with Crippen LogP contribution in [0, 0.1) is 0 Å². The van der Waals surface area contributed by atoms with Crippen molar-refractivity contribution < 1.29 is 28.5 Å². The first-order chi connectivity index (χ1) is 14.8. The van der Waals surface area contributed by atoms with Crippen molar-refractivity contribution in [3.8, 4) is 5.75 Å². The molecule has 2 aromatic carbocycles. The van der Waals surface area contributed by atoms with E-state index in [-0.39, 0.29) is 6.42 Å². The Morgan fingerprint density at radius 1 is 0.935 bits per heavy atom. The van der Waals surface area contributed by atoms with E-state index in [1.165, 1.54) is 7.11 Å². The standard InChI is InChI=1S/C24H31NO6/c1-24(2,3)31-23(27)25-21(22(26)28-4)16-18-10-12-20(13-11-18)30-15-14-29-17-19-8-6-5-7-9-19/h5-13,21H,14-17H2,1-4H3,(H,25,27)/t21-/m0/s1. The zero-order valence-electron chi connectivity index (χ0n) is 18.6. The van der Waals surface area contributed by atoms with Crippen molar-refractivity contribution in [3.05, 3.63) is 65.7 Å². The quantitative estimate of drug-likeness (QED) is 0.456. The molecular formula is C24H31NO6. The molecular weight excluding hydrogens is 398 g/mol. The molecule has 0 aliphatic carbocycles. The molecule has 31 heavy (non-hydrogen) atoms. The summed E-state index contributed by atoms with van der Waals surface area (Å²) in [6.45, 7) is 6.71. The molecule has 0 saturated heterocycles. The van der Waals surface area contributed by atoms with Gasteiger partial charge < -0.3 is 24.3 Å². The molecule has 1 amide bonds. The number of hydrogen-bond donors (Lipinski definition) is 1. The Bertz CT molecular complexity index is 814. The SMILES string of the molecule is COC(=O)[C@H](Cc1ccc(OCCOCc2ccccc2)cc1)NC(=O)OC(C)(C)C.